The molecule has 76 valence electrons. The number of hydrogen-bond donors (Lipinski definition) is 0. The Hall–Kier alpha value is 0. The quantitative estimate of drug-likeness (QED) is 0.526. The van der Waals surface area contributed by atoms with Crippen LogP contribution in [0.5, 0.6) is 0 Å². The van der Waals surface area contributed by atoms with Crippen LogP contribution in [0.4, 0.5) is 0 Å². The van der Waals surface area contributed by atoms with Crippen molar-refractivity contribution in [1.29, 1.82) is 0 Å². The van der Waals surface area contributed by atoms with Gasteiger partial charge >= 0.3 is 0 Å². The molecule has 4 atom stereocenters. The zero-order valence-electron chi connectivity index (χ0n) is 9.85. The molecule has 13 heavy (non-hydrogen) atoms. The molecule has 0 saturated heterocycles. The standard InChI is InChI=1S/C13H24/c1-9-6-7-11-8-13(9,5)12(3,4)10(11)2/h9-11H,6-8H2,1-5H3. The highest BCUT2D eigenvalue weighted by Gasteiger charge is 2.58. The number of hydrogen-bond acceptors (Lipinski definition) is 0. The van der Waals surface area contributed by atoms with Crippen molar-refractivity contribution in [3.63, 3.8) is 0 Å². The van der Waals surface area contributed by atoms with Gasteiger partial charge in [0, 0.05) is 0 Å². The van der Waals surface area contributed by atoms with Gasteiger partial charge in [0.15, 0.2) is 0 Å². The molecule has 0 aliphatic heterocycles. The van der Waals surface area contributed by atoms with E-state index in [2.05, 4.69) is 34.6 Å². The molecule has 2 aliphatic carbocycles. The Morgan fingerprint density at radius 3 is 2.15 bits per heavy atom. The lowest BCUT2D eigenvalue weighted by molar-refractivity contribution is 0.0353. The summed E-state index contributed by atoms with van der Waals surface area (Å²) < 4.78 is 0. The maximum Gasteiger partial charge on any atom is -0.0244 e. The first-order valence-corrected chi connectivity index (χ1v) is 5.89. The third-order valence-electron chi connectivity index (χ3n) is 6.06. The van der Waals surface area contributed by atoms with Crippen molar-refractivity contribution in [2.75, 3.05) is 0 Å². The van der Waals surface area contributed by atoms with E-state index in [-0.39, 0.29) is 0 Å². The Labute approximate surface area is 83.1 Å². The molecule has 0 N–H and O–H groups in total. The van der Waals surface area contributed by atoms with Gasteiger partial charge in [-0.1, -0.05) is 34.6 Å². The first-order valence-electron chi connectivity index (χ1n) is 5.89. The Bertz CT molecular complexity index is 214. The first-order chi connectivity index (χ1) is 5.89. The van der Waals surface area contributed by atoms with Crippen molar-refractivity contribution in [2.24, 2.45) is 28.6 Å². The summed E-state index contributed by atoms with van der Waals surface area (Å²) in [7, 11) is 0. The summed E-state index contributed by atoms with van der Waals surface area (Å²) in [5.74, 6) is 2.89. The van der Waals surface area contributed by atoms with Crippen LogP contribution in [0, 0.1) is 28.6 Å². The summed E-state index contributed by atoms with van der Waals surface area (Å²) in [6.07, 6.45) is 4.44. The van der Waals surface area contributed by atoms with Gasteiger partial charge in [-0.05, 0) is 47.8 Å². The van der Waals surface area contributed by atoms with Gasteiger partial charge < -0.3 is 0 Å². The van der Waals surface area contributed by atoms with E-state index in [0.29, 0.717) is 10.8 Å². The molecule has 0 heteroatoms. The van der Waals surface area contributed by atoms with Crippen molar-refractivity contribution < 1.29 is 0 Å². The Balaban J connectivity index is 2.40. The lowest BCUT2D eigenvalue weighted by atomic mass is 9.59. The van der Waals surface area contributed by atoms with Crippen LogP contribution >= 0.6 is 0 Å². The van der Waals surface area contributed by atoms with Crippen LogP contribution < -0.4 is 0 Å². The van der Waals surface area contributed by atoms with Crippen LogP contribution in [-0.2, 0) is 0 Å². The zero-order valence-corrected chi connectivity index (χ0v) is 9.85. The minimum Gasteiger partial charge on any atom is -0.0620 e. The fourth-order valence-electron chi connectivity index (χ4n) is 4.06. The molecule has 0 aromatic rings. The molecule has 4 unspecified atom stereocenters. The third kappa shape index (κ3) is 0.980. The van der Waals surface area contributed by atoms with E-state index in [1.165, 1.54) is 19.3 Å². The average molecular weight is 180 g/mol. The lowest BCUT2D eigenvalue weighted by Crippen LogP contribution is -2.38. The second-order valence-corrected chi connectivity index (χ2v) is 6.37. The van der Waals surface area contributed by atoms with Gasteiger partial charge in [0.2, 0.25) is 0 Å². The molecule has 0 aromatic heterocycles. The first kappa shape index (κ1) is 9.55. The highest BCUT2D eigenvalue weighted by molar-refractivity contribution is 5.07. The molecular formula is C13H24. The van der Waals surface area contributed by atoms with E-state index >= 15 is 0 Å². The van der Waals surface area contributed by atoms with Gasteiger partial charge in [0.1, 0.15) is 0 Å². The van der Waals surface area contributed by atoms with Crippen molar-refractivity contribution >= 4 is 0 Å². The zero-order chi connectivity index (χ0) is 9.85. The van der Waals surface area contributed by atoms with Gasteiger partial charge in [-0.3, -0.25) is 0 Å². The molecule has 0 radical (unpaired) electrons. The molecule has 2 fully saturated rings. The van der Waals surface area contributed by atoms with E-state index in [4.69, 9.17) is 0 Å². The monoisotopic (exact) mass is 180 g/mol. The smallest absolute Gasteiger partial charge is 0.0244 e. The van der Waals surface area contributed by atoms with Gasteiger partial charge in [0.05, 0.1) is 0 Å². The highest BCUT2D eigenvalue weighted by atomic mass is 14.6. The van der Waals surface area contributed by atoms with E-state index < -0.39 is 0 Å². The molecule has 0 heterocycles. The molecule has 2 bridgehead atoms. The fraction of sp³-hybridized carbons (Fsp3) is 1.00. The van der Waals surface area contributed by atoms with Gasteiger partial charge in [-0.2, -0.15) is 0 Å². The van der Waals surface area contributed by atoms with E-state index in [1.54, 1.807) is 0 Å². The summed E-state index contributed by atoms with van der Waals surface area (Å²) in [4.78, 5) is 0. The van der Waals surface area contributed by atoms with Crippen LogP contribution in [0.3, 0.4) is 0 Å². The van der Waals surface area contributed by atoms with E-state index in [1.807, 2.05) is 0 Å². The Morgan fingerprint density at radius 2 is 1.62 bits per heavy atom. The molecule has 0 aromatic carbocycles. The van der Waals surface area contributed by atoms with E-state index in [0.717, 1.165) is 17.8 Å². The summed E-state index contributed by atoms with van der Waals surface area (Å²) >= 11 is 0. The minimum absolute atomic E-state index is 0.563. The molecule has 2 rings (SSSR count). The molecule has 2 aliphatic rings. The Morgan fingerprint density at radius 1 is 1.00 bits per heavy atom. The molecule has 0 nitrogen and oxygen atoms in total. The summed E-state index contributed by atoms with van der Waals surface area (Å²) in [5, 5.41) is 0. The summed E-state index contributed by atoms with van der Waals surface area (Å²) in [5.41, 5.74) is 1.18. The molecule has 2 saturated carbocycles. The van der Waals surface area contributed by atoms with Crippen LogP contribution in [0.25, 0.3) is 0 Å². The topological polar surface area (TPSA) is 0 Å². The van der Waals surface area contributed by atoms with Crippen LogP contribution in [0.15, 0.2) is 0 Å². The van der Waals surface area contributed by atoms with Crippen molar-refractivity contribution in [3.05, 3.63) is 0 Å². The van der Waals surface area contributed by atoms with Crippen molar-refractivity contribution in [3.8, 4) is 0 Å². The van der Waals surface area contributed by atoms with Crippen molar-refractivity contribution in [2.45, 2.75) is 53.9 Å². The van der Waals surface area contributed by atoms with Gasteiger partial charge in [0.25, 0.3) is 0 Å². The maximum absolute atomic E-state index is 2.54. The van der Waals surface area contributed by atoms with Crippen LogP contribution in [-0.4, -0.2) is 0 Å². The van der Waals surface area contributed by atoms with Crippen LogP contribution in [0.1, 0.15) is 53.9 Å². The van der Waals surface area contributed by atoms with Gasteiger partial charge in [-0.25, -0.2) is 0 Å². The minimum atomic E-state index is 0.563. The predicted molar refractivity (Wildman–Crippen MR) is 57.6 cm³/mol. The molecule has 0 amide bonds. The normalized spacial score (nSPS) is 53.8. The average Bonchev–Trinajstić information content (AvgIpc) is 2.20. The Kier molecular flexibility index (Phi) is 1.85. The predicted octanol–water partition coefficient (Wildman–Crippen LogP) is 4.10. The van der Waals surface area contributed by atoms with E-state index in [9.17, 15) is 0 Å². The van der Waals surface area contributed by atoms with Crippen molar-refractivity contribution in [1.82, 2.24) is 0 Å². The molecular weight excluding hydrogens is 156 g/mol. The summed E-state index contributed by atoms with van der Waals surface area (Å²) in [6.45, 7) is 12.5. The SMILES string of the molecule is CC1C2CCC(C)C(C)(C2)C1(C)C. The number of rotatable bonds is 0. The largest absolute Gasteiger partial charge is 0.0620 e. The maximum atomic E-state index is 2.54. The summed E-state index contributed by atoms with van der Waals surface area (Å²) in [6, 6.07) is 0. The highest BCUT2D eigenvalue weighted by Crippen LogP contribution is 2.66. The number of fused-ring (bicyclic) bond motifs is 2. The second-order valence-electron chi connectivity index (χ2n) is 6.37. The van der Waals surface area contributed by atoms with Crippen LogP contribution in [0.2, 0.25) is 0 Å². The second kappa shape index (κ2) is 2.52. The molecule has 0 spiro atoms. The lowest BCUT2D eigenvalue weighted by Gasteiger charge is -2.45. The van der Waals surface area contributed by atoms with Gasteiger partial charge in [-0.15, -0.1) is 0 Å². The fourth-order valence-corrected chi connectivity index (χ4v) is 4.06. The third-order valence-corrected chi connectivity index (χ3v) is 6.06.